The van der Waals surface area contributed by atoms with Gasteiger partial charge in [0.25, 0.3) is 10.0 Å². The van der Waals surface area contributed by atoms with Crippen LogP contribution in [0.5, 0.6) is 11.6 Å². The average molecular weight is 537 g/mol. The zero-order valence-electron chi connectivity index (χ0n) is 19.8. The Bertz CT molecular complexity index is 1500. The van der Waals surface area contributed by atoms with Crippen LogP contribution in [0, 0.1) is 0 Å². The molecule has 4 aromatic rings. The van der Waals surface area contributed by atoms with Crippen molar-refractivity contribution in [2.24, 2.45) is 0 Å². The van der Waals surface area contributed by atoms with Crippen molar-refractivity contribution in [1.29, 1.82) is 0 Å². The molecule has 1 aliphatic rings. The second-order valence-electron chi connectivity index (χ2n) is 8.48. The predicted molar refractivity (Wildman–Crippen MR) is 144 cm³/mol. The maximum absolute atomic E-state index is 12.8. The van der Waals surface area contributed by atoms with Crippen molar-refractivity contribution in [3.8, 4) is 22.9 Å². The topological polar surface area (TPSA) is 118 Å². The van der Waals surface area contributed by atoms with Gasteiger partial charge in [0.1, 0.15) is 10.6 Å². The number of aromatic nitrogens is 3. The molecule has 1 fully saturated rings. The van der Waals surface area contributed by atoms with Gasteiger partial charge in [-0.2, -0.15) is 0 Å². The van der Waals surface area contributed by atoms with E-state index in [4.69, 9.17) is 16.3 Å². The first kappa shape index (κ1) is 24.9. The summed E-state index contributed by atoms with van der Waals surface area (Å²) < 4.78 is 34.3. The normalized spacial score (nSPS) is 15.6. The lowest BCUT2D eigenvalue weighted by Crippen LogP contribution is -2.38. The van der Waals surface area contributed by atoms with E-state index < -0.39 is 10.0 Å². The van der Waals surface area contributed by atoms with E-state index in [0.29, 0.717) is 34.5 Å². The summed E-state index contributed by atoms with van der Waals surface area (Å²) >= 11 is 6.08. The van der Waals surface area contributed by atoms with Crippen molar-refractivity contribution < 1.29 is 13.2 Å². The first-order chi connectivity index (χ1) is 18.0. The molecular weight excluding hydrogens is 512 g/mol. The molecule has 0 bridgehead atoms. The molecule has 1 saturated heterocycles. The minimum atomic E-state index is -3.88. The zero-order valence-corrected chi connectivity index (χ0v) is 21.3. The molecule has 0 aliphatic carbocycles. The molecule has 190 valence electrons. The summed E-state index contributed by atoms with van der Waals surface area (Å²) in [6.45, 7) is 1.89. The van der Waals surface area contributed by atoms with Gasteiger partial charge in [-0.25, -0.2) is 23.4 Å². The quantitative estimate of drug-likeness (QED) is 0.289. The van der Waals surface area contributed by atoms with Crippen LogP contribution in [-0.2, 0) is 10.0 Å². The lowest BCUT2D eigenvalue weighted by atomic mass is 10.1. The fourth-order valence-corrected chi connectivity index (χ4v) is 5.58. The molecule has 0 spiro atoms. The average Bonchev–Trinajstić information content (AvgIpc) is 2.90. The van der Waals surface area contributed by atoms with E-state index in [2.05, 4.69) is 30.3 Å². The van der Waals surface area contributed by atoms with Gasteiger partial charge in [-0.3, -0.25) is 4.72 Å². The SMILES string of the molecule is O=S(=O)(Nc1cccc(Oc2ncccc2-c2ccnc(N[C@H]3CCCNC3)n2)c1)c1ccccc1Cl. The van der Waals surface area contributed by atoms with Crippen LogP contribution in [0.2, 0.25) is 5.02 Å². The van der Waals surface area contributed by atoms with Gasteiger partial charge in [0.15, 0.2) is 0 Å². The Morgan fingerprint density at radius 1 is 1.00 bits per heavy atom. The molecular formula is C26H25ClN6O3S. The number of nitrogens with zero attached hydrogens (tertiary/aromatic N) is 3. The van der Waals surface area contributed by atoms with Crippen molar-refractivity contribution in [2.75, 3.05) is 23.1 Å². The first-order valence-corrected chi connectivity index (χ1v) is 13.6. The fraction of sp³-hybridized carbons (Fsp3) is 0.192. The highest BCUT2D eigenvalue weighted by atomic mass is 35.5. The minimum absolute atomic E-state index is 0.00724. The molecule has 0 unspecified atom stereocenters. The molecule has 5 rings (SSSR count). The predicted octanol–water partition coefficient (Wildman–Crippen LogP) is 4.95. The Morgan fingerprint density at radius 3 is 2.73 bits per heavy atom. The number of benzene rings is 2. The number of sulfonamides is 1. The molecule has 0 saturated carbocycles. The molecule has 2 aromatic carbocycles. The van der Waals surface area contributed by atoms with Gasteiger partial charge in [-0.15, -0.1) is 0 Å². The number of ether oxygens (including phenoxy) is 1. The molecule has 3 N–H and O–H groups in total. The Hall–Kier alpha value is -3.73. The summed E-state index contributed by atoms with van der Waals surface area (Å²) in [5.41, 5.74) is 1.65. The monoisotopic (exact) mass is 536 g/mol. The molecule has 1 atom stereocenters. The van der Waals surface area contributed by atoms with Gasteiger partial charge in [0, 0.05) is 31.0 Å². The van der Waals surface area contributed by atoms with Crippen LogP contribution in [-0.4, -0.2) is 42.5 Å². The lowest BCUT2D eigenvalue weighted by molar-refractivity contribution is 0.465. The molecule has 1 aliphatic heterocycles. The summed E-state index contributed by atoms with van der Waals surface area (Å²) in [6, 6.07) is 18.6. The highest BCUT2D eigenvalue weighted by Gasteiger charge is 2.19. The van der Waals surface area contributed by atoms with Gasteiger partial charge in [0.2, 0.25) is 11.8 Å². The van der Waals surface area contributed by atoms with Crippen LogP contribution in [0.3, 0.4) is 0 Å². The highest BCUT2D eigenvalue weighted by Crippen LogP contribution is 2.32. The van der Waals surface area contributed by atoms with Gasteiger partial charge in [-0.05, 0) is 61.9 Å². The van der Waals surface area contributed by atoms with E-state index in [1.54, 1.807) is 60.9 Å². The van der Waals surface area contributed by atoms with Crippen molar-refractivity contribution in [2.45, 2.75) is 23.8 Å². The van der Waals surface area contributed by atoms with E-state index in [9.17, 15) is 8.42 Å². The molecule has 0 radical (unpaired) electrons. The van der Waals surface area contributed by atoms with Crippen LogP contribution < -0.4 is 20.1 Å². The molecule has 11 heteroatoms. The zero-order chi connectivity index (χ0) is 25.7. The number of pyridine rings is 1. The van der Waals surface area contributed by atoms with E-state index in [1.165, 1.54) is 12.1 Å². The molecule has 37 heavy (non-hydrogen) atoms. The van der Waals surface area contributed by atoms with Crippen LogP contribution in [0.1, 0.15) is 12.8 Å². The minimum Gasteiger partial charge on any atom is -0.438 e. The van der Waals surface area contributed by atoms with Crippen molar-refractivity contribution >= 4 is 33.3 Å². The standard InChI is InChI=1S/C26H25ClN6O3S/c27-22-10-1-2-11-24(22)37(34,35)33-18-6-3-8-20(16-18)36-25-21(9-5-14-29-25)23-12-15-30-26(32-23)31-19-7-4-13-28-17-19/h1-3,5-6,8-12,14-16,19,28,33H,4,7,13,17H2,(H,30,31,32)/t19-/m0/s1. The summed E-state index contributed by atoms with van der Waals surface area (Å²) in [7, 11) is -3.88. The number of nitrogens with one attached hydrogen (secondary N) is 3. The molecule has 0 amide bonds. The Labute approximate surface area is 220 Å². The van der Waals surface area contributed by atoms with Gasteiger partial charge in [-0.1, -0.05) is 29.8 Å². The third-order valence-electron chi connectivity index (χ3n) is 5.76. The van der Waals surface area contributed by atoms with Crippen molar-refractivity contribution in [1.82, 2.24) is 20.3 Å². The van der Waals surface area contributed by atoms with Gasteiger partial charge < -0.3 is 15.4 Å². The molecule has 3 heterocycles. The van der Waals surface area contributed by atoms with Crippen molar-refractivity contribution in [3.05, 3.63) is 84.1 Å². The van der Waals surface area contributed by atoms with Crippen LogP contribution in [0.25, 0.3) is 11.3 Å². The summed E-state index contributed by atoms with van der Waals surface area (Å²) in [5.74, 6) is 1.27. The summed E-state index contributed by atoms with van der Waals surface area (Å²) in [4.78, 5) is 13.4. The summed E-state index contributed by atoms with van der Waals surface area (Å²) in [6.07, 6.45) is 5.47. The second-order valence-corrected chi connectivity index (χ2v) is 10.5. The van der Waals surface area contributed by atoms with E-state index >= 15 is 0 Å². The van der Waals surface area contributed by atoms with Gasteiger partial charge in [0.05, 0.1) is 22.0 Å². The number of rotatable bonds is 8. The fourth-order valence-electron chi connectivity index (χ4n) is 4.01. The molecule has 9 nitrogen and oxygen atoms in total. The largest absolute Gasteiger partial charge is 0.438 e. The maximum atomic E-state index is 12.8. The number of hydrogen-bond acceptors (Lipinski definition) is 8. The lowest BCUT2D eigenvalue weighted by Gasteiger charge is -2.23. The third-order valence-corrected chi connectivity index (χ3v) is 7.64. The van der Waals surface area contributed by atoms with Crippen molar-refractivity contribution in [3.63, 3.8) is 0 Å². The number of hydrogen-bond donors (Lipinski definition) is 3. The third kappa shape index (κ3) is 6.16. The van der Waals surface area contributed by atoms with E-state index in [1.807, 2.05) is 6.07 Å². The number of piperidine rings is 1. The maximum Gasteiger partial charge on any atom is 0.263 e. The number of halogens is 1. The highest BCUT2D eigenvalue weighted by molar-refractivity contribution is 7.92. The molecule has 2 aromatic heterocycles. The Balaban J connectivity index is 1.36. The van der Waals surface area contributed by atoms with E-state index in [-0.39, 0.29) is 16.0 Å². The Morgan fingerprint density at radius 2 is 1.89 bits per heavy atom. The number of anilines is 2. The first-order valence-electron chi connectivity index (χ1n) is 11.8. The Kier molecular flexibility index (Phi) is 7.50. The summed E-state index contributed by atoms with van der Waals surface area (Å²) in [5, 5.41) is 6.90. The van der Waals surface area contributed by atoms with Crippen LogP contribution >= 0.6 is 11.6 Å². The van der Waals surface area contributed by atoms with Crippen LogP contribution in [0.15, 0.2) is 84.0 Å². The van der Waals surface area contributed by atoms with Crippen LogP contribution in [0.4, 0.5) is 11.6 Å². The van der Waals surface area contributed by atoms with E-state index in [0.717, 1.165) is 25.9 Å². The smallest absolute Gasteiger partial charge is 0.263 e. The second kappa shape index (κ2) is 11.1. The van der Waals surface area contributed by atoms with Gasteiger partial charge >= 0.3 is 0 Å².